The Hall–Kier alpha value is -3.25. The van der Waals surface area contributed by atoms with Gasteiger partial charge in [-0.1, -0.05) is 61.0 Å². The van der Waals surface area contributed by atoms with Crippen LogP contribution in [0.4, 0.5) is 0 Å². The molecule has 0 radical (unpaired) electrons. The second-order valence-corrected chi connectivity index (χ2v) is 13.5. The molecule has 44 heavy (non-hydrogen) atoms. The van der Waals surface area contributed by atoms with Gasteiger partial charge in [0.2, 0.25) is 0 Å². The molecule has 3 aliphatic rings. The van der Waals surface area contributed by atoms with Gasteiger partial charge >= 0.3 is 0 Å². The highest BCUT2D eigenvalue weighted by atomic mass is 16.5. The Morgan fingerprint density at radius 1 is 1.02 bits per heavy atom. The molecule has 0 aliphatic heterocycles. The van der Waals surface area contributed by atoms with Gasteiger partial charge in [-0.3, -0.25) is 4.79 Å². The number of allylic oxidation sites excluding steroid dienone is 2. The van der Waals surface area contributed by atoms with Gasteiger partial charge in [0.25, 0.3) is 0 Å². The maximum atomic E-state index is 14.2. The number of likely N-dealkylation sites (N-methyl/N-ethyl adjacent to an activating group) is 1. The molecule has 0 heterocycles. The molecule has 0 saturated heterocycles. The average Bonchev–Trinajstić information content (AvgIpc) is 3.27. The van der Waals surface area contributed by atoms with Crippen LogP contribution in [0.3, 0.4) is 0 Å². The second kappa shape index (κ2) is 13.8. The Morgan fingerprint density at radius 2 is 1.77 bits per heavy atom. The fraction of sp³-hybridized carbons (Fsp3) is 0.462. The van der Waals surface area contributed by atoms with Crippen molar-refractivity contribution in [3.8, 4) is 5.75 Å². The zero-order valence-electron chi connectivity index (χ0n) is 26.9. The van der Waals surface area contributed by atoms with Gasteiger partial charge in [0.15, 0.2) is 5.78 Å². The summed E-state index contributed by atoms with van der Waals surface area (Å²) in [5, 5.41) is 23.4. The molecule has 6 rings (SSSR count). The minimum Gasteiger partial charge on any atom is -0.497 e. The van der Waals surface area contributed by atoms with E-state index in [0.29, 0.717) is 42.7 Å². The van der Waals surface area contributed by atoms with Crippen molar-refractivity contribution in [2.24, 2.45) is 5.41 Å². The molecule has 0 spiro atoms. The molecule has 3 aromatic carbocycles. The summed E-state index contributed by atoms with van der Waals surface area (Å²) in [5.41, 5.74) is 4.50. The number of carbonyl (C=O) groups is 1. The first-order valence-corrected chi connectivity index (χ1v) is 16.2. The van der Waals surface area contributed by atoms with Crippen LogP contribution in [0.25, 0.3) is 0 Å². The molecule has 3 aliphatic carbocycles. The number of aliphatic hydroxyl groups is 2. The van der Waals surface area contributed by atoms with Crippen molar-refractivity contribution in [2.45, 2.75) is 82.8 Å². The summed E-state index contributed by atoms with van der Waals surface area (Å²) in [5.74, 6) is 0.698. The zero-order valence-corrected chi connectivity index (χ0v) is 26.9. The fourth-order valence-electron chi connectivity index (χ4n) is 7.58. The van der Waals surface area contributed by atoms with E-state index < -0.39 is 17.1 Å². The molecule has 2 bridgehead atoms. The third kappa shape index (κ3) is 7.01. The van der Waals surface area contributed by atoms with Gasteiger partial charge < -0.3 is 19.8 Å². The highest BCUT2D eigenvalue weighted by Crippen LogP contribution is 2.58. The molecule has 2 N–H and O–H groups in total. The Morgan fingerprint density at radius 3 is 2.50 bits per heavy atom. The van der Waals surface area contributed by atoms with E-state index in [4.69, 9.17) is 4.74 Å². The van der Waals surface area contributed by atoms with Gasteiger partial charge in [0.05, 0.1) is 18.8 Å². The molecular formula is C39H49NO4. The Kier molecular flexibility index (Phi) is 10.1. The van der Waals surface area contributed by atoms with Crippen molar-refractivity contribution in [2.75, 3.05) is 27.2 Å². The monoisotopic (exact) mass is 595 g/mol. The molecule has 3 aromatic rings. The first kappa shape index (κ1) is 32.2. The first-order chi connectivity index (χ1) is 21.1. The van der Waals surface area contributed by atoms with Crippen LogP contribution in [0, 0.1) is 5.41 Å². The van der Waals surface area contributed by atoms with Gasteiger partial charge in [-0.2, -0.15) is 0 Å². The number of aliphatic hydroxyl groups excluding tert-OH is 1. The van der Waals surface area contributed by atoms with E-state index in [-0.39, 0.29) is 11.7 Å². The number of hydrogen-bond acceptors (Lipinski definition) is 5. The average molecular weight is 596 g/mol. The number of hydrogen-bond donors (Lipinski definition) is 2. The lowest BCUT2D eigenvalue weighted by atomic mass is 9.64. The lowest BCUT2D eigenvalue weighted by Gasteiger charge is -2.45. The van der Waals surface area contributed by atoms with Gasteiger partial charge in [0, 0.05) is 29.6 Å². The Balaban J connectivity index is 1.52. The number of ketones is 1. The van der Waals surface area contributed by atoms with E-state index in [1.807, 2.05) is 36.4 Å². The zero-order chi connectivity index (χ0) is 31.3. The number of nitrogens with zero attached hydrogens (tertiary/aromatic N) is 1. The van der Waals surface area contributed by atoms with Crippen molar-refractivity contribution >= 4 is 5.78 Å². The summed E-state index contributed by atoms with van der Waals surface area (Å²) in [6, 6.07) is 24.0. The molecular weight excluding hydrogens is 546 g/mol. The minimum absolute atomic E-state index is 0.0165. The standard InChI is InChI=1S/C39H49NO4/c1-28-9-8-22-38(2)36(20-23-39(38,43)27-40(3)24-21-29-10-6-5-7-11-29)34-19-13-30(25-32(41)16-12-28)26-35(34)37(42)31-14-17-33(44-4)18-15-31/h5-7,9-11,13-15,17-19,26,32,36,41,43H,8,12,16,20-25,27H2,1-4H3. The molecule has 4 unspecified atom stereocenters. The maximum absolute atomic E-state index is 14.2. The second-order valence-electron chi connectivity index (χ2n) is 13.5. The molecule has 0 aromatic heterocycles. The SMILES string of the molecule is COc1ccc(C(=O)c2cc3ccc2C2CCC(O)(CN(C)CCc4ccccc4)C2(C)CCC=C(C)CCC(O)C3)cc1. The normalized spacial score (nSPS) is 25.8. The third-order valence-electron chi connectivity index (χ3n) is 10.4. The van der Waals surface area contributed by atoms with Crippen LogP contribution in [-0.2, 0) is 12.8 Å². The predicted molar refractivity (Wildman–Crippen MR) is 177 cm³/mol. The molecule has 1 fully saturated rings. The van der Waals surface area contributed by atoms with Crippen LogP contribution in [-0.4, -0.2) is 59.8 Å². The van der Waals surface area contributed by atoms with Crippen LogP contribution < -0.4 is 4.74 Å². The number of rotatable bonds is 8. The van der Waals surface area contributed by atoms with E-state index in [2.05, 4.69) is 68.3 Å². The van der Waals surface area contributed by atoms with Gasteiger partial charge in [0.1, 0.15) is 5.75 Å². The number of carbonyl (C=O) groups excluding carboxylic acids is 1. The van der Waals surface area contributed by atoms with Gasteiger partial charge in [-0.25, -0.2) is 0 Å². The van der Waals surface area contributed by atoms with Crippen molar-refractivity contribution in [3.05, 3.63) is 112 Å². The highest BCUT2D eigenvalue weighted by Gasteiger charge is 2.57. The molecule has 5 heteroatoms. The lowest BCUT2D eigenvalue weighted by molar-refractivity contribution is -0.0798. The summed E-state index contributed by atoms with van der Waals surface area (Å²) in [6.07, 6.45) is 7.96. The van der Waals surface area contributed by atoms with Crippen LogP contribution >= 0.6 is 0 Å². The minimum atomic E-state index is -0.906. The number of ether oxygens (including phenoxy) is 1. The van der Waals surface area contributed by atoms with Crippen molar-refractivity contribution in [1.82, 2.24) is 4.90 Å². The Bertz CT molecular complexity index is 1450. The quantitative estimate of drug-likeness (QED) is 0.214. The number of methoxy groups -OCH3 is 1. The molecule has 0 amide bonds. The molecule has 4 atom stereocenters. The Labute approximate surface area is 263 Å². The van der Waals surface area contributed by atoms with E-state index in [0.717, 1.165) is 49.8 Å². The van der Waals surface area contributed by atoms with Crippen molar-refractivity contribution < 1.29 is 19.7 Å². The summed E-state index contributed by atoms with van der Waals surface area (Å²) in [4.78, 5) is 16.5. The van der Waals surface area contributed by atoms with E-state index >= 15 is 0 Å². The van der Waals surface area contributed by atoms with Crippen LogP contribution in [0.5, 0.6) is 5.75 Å². The van der Waals surface area contributed by atoms with Gasteiger partial charge in [-0.05, 0) is 118 Å². The molecule has 234 valence electrons. The first-order valence-electron chi connectivity index (χ1n) is 16.2. The van der Waals surface area contributed by atoms with Crippen molar-refractivity contribution in [1.29, 1.82) is 0 Å². The summed E-state index contributed by atoms with van der Waals surface area (Å²) in [7, 11) is 3.74. The largest absolute Gasteiger partial charge is 0.497 e. The molecule has 1 saturated carbocycles. The smallest absolute Gasteiger partial charge is 0.193 e. The lowest BCUT2D eigenvalue weighted by Crippen LogP contribution is -2.52. The fourth-order valence-corrected chi connectivity index (χ4v) is 7.58. The van der Waals surface area contributed by atoms with E-state index in [9.17, 15) is 15.0 Å². The maximum Gasteiger partial charge on any atom is 0.193 e. The number of benzene rings is 3. The number of fused-ring (bicyclic) bond motifs is 8. The molecule has 5 nitrogen and oxygen atoms in total. The van der Waals surface area contributed by atoms with Crippen LogP contribution in [0.1, 0.15) is 90.9 Å². The summed E-state index contributed by atoms with van der Waals surface area (Å²) in [6.45, 7) is 5.85. The van der Waals surface area contributed by atoms with E-state index in [1.165, 1.54) is 11.1 Å². The highest BCUT2D eigenvalue weighted by molar-refractivity contribution is 6.10. The van der Waals surface area contributed by atoms with Gasteiger partial charge in [-0.15, -0.1) is 0 Å². The van der Waals surface area contributed by atoms with Crippen LogP contribution in [0.2, 0.25) is 0 Å². The van der Waals surface area contributed by atoms with Crippen molar-refractivity contribution in [3.63, 3.8) is 0 Å². The summed E-state index contributed by atoms with van der Waals surface area (Å²) < 4.78 is 5.33. The topological polar surface area (TPSA) is 70.0 Å². The third-order valence-corrected chi connectivity index (χ3v) is 10.4. The summed E-state index contributed by atoms with van der Waals surface area (Å²) >= 11 is 0. The predicted octanol–water partition coefficient (Wildman–Crippen LogP) is 7.14. The van der Waals surface area contributed by atoms with E-state index in [1.54, 1.807) is 7.11 Å². The van der Waals surface area contributed by atoms with Crippen LogP contribution in [0.15, 0.2) is 84.4 Å².